The van der Waals surface area contributed by atoms with Gasteiger partial charge >= 0.3 is 0 Å². The van der Waals surface area contributed by atoms with Crippen molar-refractivity contribution in [1.82, 2.24) is 5.32 Å². The van der Waals surface area contributed by atoms with Gasteiger partial charge in [-0.05, 0) is 42.3 Å². The molecule has 1 aliphatic rings. The van der Waals surface area contributed by atoms with Crippen LogP contribution in [0.3, 0.4) is 0 Å². The van der Waals surface area contributed by atoms with E-state index in [0.717, 1.165) is 19.4 Å². The number of para-hydroxylation sites is 1. The predicted octanol–water partition coefficient (Wildman–Crippen LogP) is 3.18. The lowest BCUT2D eigenvalue weighted by Gasteiger charge is -2.23. The van der Waals surface area contributed by atoms with E-state index in [-0.39, 0.29) is 11.8 Å². The Hall–Kier alpha value is -2.18. The zero-order valence-corrected chi connectivity index (χ0v) is 15.1. The van der Waals surface area contributed by atoms with Crippen LogP contribution in [0.5, 0.6) is 0 Å². The normalized spacial score (nSPS) is 17.1. The van der Waals surface area contributed by atoms with E-state index in [1.54, 1.807) is 25.2 Å². The number of ether oxygens (including phenoxy) is 1. The molecule has 2 amide bonds. The van der Waals surface area contributed by atoms with E-state index in [1.807, 2.05) is 23.6 Å². The van der Waals surface area contributed by atoms with Gasteiger partial charge in [-0.2, -0.15) is 0 Å². The van der Waals surface area contributed by atoms with Crippen LogP contribution < -0.4 is 10.2 Å². The Labute approximate surface area is 151 Å². The second kappa shape index (κ2) is 8.27. The summed E-state index contributed by atoms with van der Waals surface area (Å²) in [6.07, 6.45) is 2.11. The monoisotopic (exact) mass is 358 g/mol. The lowest BCUT2D eigenvalue weighted by atomic mass is 10.0. The van der Waals surface area contributed by atoms with Crippen LogP contribution in [0.15, 0.2) is 41.8 Å². The number of rotatable bonds is 5. The van der Waals surface area contributed by atoms with Crippen molar-refractivity contribution in [2.75, 3.05) is 31.7 Å². The zero-order valence-electron chi connectivity index (χ0n) is 14.2. The van der Waals surface area contributed by atoms with Crippen molar-refractivity contribution in [1.29, 1.82) is 0 Å². The van der Waals surface area contributed by atoms with Gasteiger partial charge in [0.25, 0.3) is 11.8 Å². The number of carbonyl (C=O) groups is 2. The molecule has 0 radical (unpaired) electrons. The third kappa shape index (κ3) is 4.27. The van der Waals surface area contributed by atoms with Gasteiger partial charge in [0, 0.05) is 20.2 Å². The molecular formula is C19H22N2O3S. The molecule has 1 N–H and O–H groups in total. The van der Waals surface area contributed by atoms with Crippen LogP contribution in [0.4, 0.5) is 5.69 Å². The number of nitrogens with zero attached hydrogens (tertiary/aromatic N) is 1. The van der Waals surface area contributed by atoms with Crippen molar-refractivity contribution >= 4 is 28.8 Å². The molecule has 1 fully saturated rings. The molecule has 0 bridgehead atoms. The largest absolute Gasteiger partial charge is 0.381 e. The summed E-state index contributed by atoms with van der Waals surface area (Å²) in [6.45, 7) is 2.09. The first-order valence-electron chi connectivity index (χ1n) is 8.43. The van der Waals surface area contributed by atoms with Gasteiger partial charge in [0.1, 0.15) is 0 Å². The van der Waals surface area contributed by atoms with E-state index in [1.165, 1.54) is 16.2 Å². The summed E-state index contributed by atoms with van der Waals surface area (Å²) in [5, 5.41) is 4.85. The number of nitrogens with one attached hydrogen (secondary N) is 1. The smallest absolute Gasteiger partial charge is 0.268 e. The fourth-order valence-corrected chi connectivity index (χ4v) is 3.63. The molecule has 2 aromatic rings. The van der Waals surface area contributed by atoms with E-state index < -0.39 is 0 Å². The van der Waals surface area contributed by atoms with E-state index in [0.29, 0.717) is 35.2 Å². The van der Waals surface area contributed by atoms with Gasteiger partial charge in [-0.1, -0.05) is 18.2 Å². The minimum absolute atomic E-state index is 0.115. The highest BCUT2D eigenvalue weighted by Gasteiger charge is 2.21. The van der Waals surface area contributed by atoms with Crippen LogP contribution >= 0.6 is 11.3 Å². The van der Waals surface area contributed by atoms with Gasteiger partial charge in [0.2, 0.25) is 0 Å². The van der Waals surface area contributed by atoms with Crippen molar-refractivity contribution in [2.45, 2.75) is 12.8 Å². The van der Waals surface area contributed by atoms with Crippen molar-refractivity contribution in [3.63, 3.8) is 0 Å². The molecule has 5 nitrogen and oxygen atoms in total. The van der Waals surface area contributed by atoms with E-state index >= 15 is 0 Å². The topological polar surface area (TPSA) is 58.6 Å². The molecule has 0 aliphatic carbocycles. The van der Waals surface area contributed by atoms with Crippen molar-refractivity contribution in [3.8, 4) is 0 Å². The molecule has 132 valence electrons. The lowest BCUT2D eigenvalue weighted by molar-refractivity contribution is 0.0536. The Kier molecular flexibility index (Phi) is 5.83. The van der Waals surface area contributed by atoms with Crippen molar-refractivity contribution < 1.29 is 14.3 Å². The summed E-state index contributed by atoms with van der Waals surface area (Å²) in [7, 11) is 1.70. The number of hydrogen-bond acceptors (Lipinski definition) is 4. The molecular weight excluding hydrogens is 336 g/mol. The maximum atomic E-state index is 12.6. The van der Waals surface area contributed by atoms with E-state index in [9.17, 15) is 9.59 Å². The average molecular weight is 358 g/mol. The molecule has 1 aromatic carbocycles. The van der Waals surface area contributed by atoms with E-state index in [2.05, 4.69) is 5.32 Å². The van der Waals surface area contributed by atoms with Crippen LogP contribution in [0.2, 0.25) is 0 Å². The molecule has 0 saturated carbocycles. The zero-order chi connectivity index (χ0) is 17.6. The fraction of sp³-hybridized carbons (Fsp3) is 0.368. The minimum atomic E-state index is -0.160. The second-order valence-electron chi connectivity index (χ2n) is 6.15. The molecule has 1 aromatic heterocycles. The van der Waals surface area contributed by atoms with Gasteiger partial charge < -0.3 is 15.0 Å². The molecule has 0 spiro atoms. The summed E-state index contributed by atoms with van der Waals surface area (Å²) < 4.78 is 5.45. The van der Waals surface area contributed by atoms with Crippen LogP contribution in [0.25, 0.3) is 0 Å². The van der Waals surface area contributed by atoms with Crippen LogP contribution in [0.1, 0.15) is 32.9 Å². The summed E-state index contributed by atoms with van der Waals surface area (Å²) in [4.78, 5) is 27.4. The molecule has 1 unspecified atom stereocenters. The predicted molar refractivity (Wildman–Crippen MR) is 99.4 cm³/mol. The van der Waals surface area contributed by atoms with Gasteiger partial charge in [-0.25, -0.2) is 0 Å². The maximum absolute atomic E-state index is 12.6. The third-order valence-corrected chi connectivity index (χ3v) is 5.21. The van der Waals surface area contributed by atoms with Gasteiger partial charge in [0.15, 0.2) is 0 Å². The summed E-state index contributed by atoms with van der Waals surface area (Å²) in [5.74, 6) is 0.0817. The number of amides is 2. The van der Waals surface area contributed by atoms with Crippen LogP contribution in [-0.2, 0) is 4.74 Å². The Bertz CT molecular complexity index is 724. The Balaban J connectivity index is 1.71. The quantitative estimate of drug-likeness (QED) is 0.893. The Morgan fingerprint density at radius 1 is 1.28 bits per heavy atom. The number of benzene rings is 1. The number of anilines is 1. The standard InChI is InChI=1S/C19H22N2O3S/c1-21(19(23)17-9-5-11-25-17)16-8-3-2-7-15(16)18(22)20-12-14-6-4-10-24-13-14/h2-3,5,7-9,11,14H,4,6,10,12-13H2,1H3,(H,20,22). The van der Waals surface area contributed by atoms with Crippen LogP contribution in [0, 0.1) is 5.92 Å². The van der Waals surface area contributed by atoms with Gasteiger partial charge in [-0.3, -0.25) is 9.59 Å². The highest BCUT2D eigenvalue weighted by Crippen LogP contribution is 2.23. The highest BCUT2D eigenvalue weighted by atomic mass is 32.1. The highest BCUT2D eigenvalue weighted by molar-refractivity contribution is 7.12. The minimum Gasteiger partial charge on any atom is -0.381 e. The number of carbonyl (C=O) groups excluding carboxylic acids is 2. The summed E-state index contributed by atoms with van der Waals surface area (Å²) in [5.41, 5.74) is 1.12. The number of hydrogen-bond donors (Lipinski definition) is 1. The van der Waals surface area contributed by atoms with Crippen LogP contribution in [-0.4, -0.2) is 38.6 Å². The Morgan fingerprint density at radius 3 is 2.84 bits per heavy atom. The van der Waals surface area contributed by atoms with Gasteiger partial charge in [0.05, 0.1) is 22.7 Å². The maximum Gasteiger partial charge on any atom is 0.268 e. The summed E-state index contributed by atoms with van der Waals surface area (Å²) in [6, 6.07) is 10.8. The molecule has 1 atom stereocenters. The third-order valence-electron chi connectivity index (χ3n) is 4.35. The first-order valence-corrected chi connectivity index (χ1v) is 9.31. The molecule has 2 heterocycles. The molecule has 1 aliphatic heterocycles. The van der Waals surface area contributed by atoms with Crippen molar-refractivity contribution in [3.05, 3.63) is 52.2 Å². The Morgan fingerprint density at radius 2 is 2.12 bits per heavy atom. The first-order chi connectivity index (χ1) is 12.2. The molecule has 6 heteroatoms. The van der Waals surface area contributed by atoms with Crippen molar-refractivity contribution in [2.24, 2.45) is 5.92 Å². The SMILES string of the molecule is CN(C(=O)c1cccs1)c1ccccc1C(=O)NCC1CCCOC1. The lowest BCUT2D eigenvalue weighted by Crippen LogP contribution is -2.34. The molecule has 1 saturated heterocycles. The summed E-state index contributed by atoms with van der Waals surface area (Å²) >= 11 is 1.39. The average Bonchev–Trinajstić information content (AvgIpc) is 3.20. The second-order valence-corrected chi connectivity index (χ2v) is 7.10. The first kappa shape index (κ1) is 17.6. The fourth-order valence-electron chi connectivity index (χ4n) is 2.93. The molecule has 25 heavy (non-hydrogen) atoms. The van der Waals surface area contributed by atoms with Gasteiger partial charge in [-0.15, -0.1) is 11.3 Å². The van der Waals surface area contributed by atoms with E-state index in [4.69, 9.17) is 4.74 Å². The molecule has 3 rings (SSSR count). The number of thiophene rings is 1.